The van der Waals surface area contributed by atoms with Crippen molar-refractivity contribution in [2.75, 3.05) is 6.61 Å². The standard InChI is InChI=1S/C15H22O2/c1-3-12-7-6-8-13(11-12)14(16)15(2)9-4-5-10-17-15/h6-8,11,14,16H,3-5,9-10H2,1-2H3. The van der Waals surface area contributed by atoms with Gasteiger partial charge in [0.25, 0.3) is 0 Å². The van der Waals surface area contributed by atoms with Gasteiger partial charge in [-0.3, -0.25) is 0 Å². The van der Waals surface area contributed by atoms with Crippen LogP contribution in [0.2, 0.25) is 0 Å². The normalized spacial score (nSPS) is 26.8. The highest BCUT2D eigenvalue weighted by atomic mass is 16.5. The SMILES string of the molecule is CCc1cccc(C(O)C2(C)CCCCO2)c1. The van der Waals surface area contributed by atoms with Crippen molar-refractivity contribution < 1.29 is 9.84 Å². The van der Waals surface area contributed by atoms with Crippen molar-refractivity contribution in [1.29, 1.82) is 0 Å². The molecule has 1 heterocycles. The summed E-state index contributed by atoms with van der Waals surface area (Å²) < 4.78 is 5.81. The highest BCUT2D eigenvalue weighted by Gasteiger charge is 2.36. The quantitative estimate of drug-likeness (QED) is 0.870. The van der Waals surface area contributed by atoms with Crippen LogP contribution in [0.5, 0.6) is 0 Å². The van der Waals surface area contributed by atoms with E-state index in [4.69, 9.17) is 4.74 Å². The van der Waals surface area contributed by atoms with E-state index in [0.717, 1.165) is 37.9 Å². The average molecular weight is 234 g/mol. The lowest BCUT2D eigenvalue weighted by atomic mass is 9.86. The second-order valence-electron chi connectivity index (χ2n) is 5.12. The van der Waals surface area contributed by atoms with Crippen molar-refractivity contribution in [1.82, 2.24) is 0 Å². The van der Waals surface area contributed by atoms with E-state index in [-0.39, 0.29) is 0 Å². The van der Waals surface area contributed by atoms with E-state index < -0.39 is 11.7 Å². The highest BCUT2D eigenvalue weighted by molar-refractivity contribution is 5.27. The molecule has 2 heteroatoms. The third kappa shape index (κ3) is 2.70. The van der Waals surface area contributed by atoms with Crippen LogP contribution in [0.15, 0.2) is 24.3 Å². The van der Waals surface area contributed by atoms with Crippen LogP contribution in [0.4, 0.5) is 0 Å². The molecule has 1 aliphatic rings. The number of hydrogen-bond acceptors (Lipinski definition) is 2. The molecule has 1 aliphatic heterocycles. The van der Waals surface area contributed by atoms with Crippen LogP contribution in [0.1, 0.15) is 50.3 Å². The zero-order chi connectivity index (χ0) is 12.3. The fraction of sp³-hybridized carbons (Fsp3) is 0.600. The number of aliphatic hydroxyl groups excluding tert-OH is 1. The third-order valence-corrected chi connectivity index (χ3v) is 3.75. The van der Waals surface area contributed by atoms with Gasteiger partial charge >= 0.3 is 0 Å². The van der Waals surface area contributed by atoms with Crippen molar-refractivity contribution in [2.45, 2.75) is 51.2 Å². The molecule has 2 rings (SSSR count). The summed E-state index contributed by atoms with van der Waals surface area (Å²) in [4.78, 5) is 0. The van der Waals surface area contributed by atoms with E-state index in [1.54, 1.807) is 0 Å². The van der Waals surface area contributed by atoms with Crippen LogP contribution in [0.25, 0.3) is 0 Å². The Morgan fingerprint density at radius 3 is 2.88 bits per heavy atom. The highest BCUT2D eigenvalue weighted by Crippen LogP contribution is 2.36. The van der Waals surface area contributed by atoms with Crippen LogP contribution >= 0.6 is 0 Å². The molecule has 94 valence electrons. The van der Waals surface area contributed by atoms with E-state index in [1.807, 2.05) is 19.1 Å². The number of ether oxygens (including phenoxy) is 1. The molecule has 0 aliphatic carbocycles. The first-order valence-electron chi connectivity index (χ1n) is 6.56. The molecular weight excluding hydrogens is 212 g/mol. The maximum Gasteiger partial charge on any atom is 0.108 e. The topological polar surface area (TPSA) is 29.5 Å². The maximum absolute atomic E-state index is 10.5. The Hall–Kier alpha value is -0.860. The second kappa shape index (κ2) is 5.19. The Bertz CT molecular complexity index is 367. The molecule has 0 spiro atoms. The maximum atomic E-state index is 10.5. The van der Waals surface area contributed by atoms with E-state index in [2.05, 4.69) is 19.1 Å². The van der Waals surface area contributed by atoms with Gasteiger partial charge in [0.1, 0.15) is 6.10 Å². The first-order valence-corrected chi connectivity index (χ1v) is 6.56. The van der Waals surface area contributed by atoms with Gasteiger partial charge in [0.15, 0.2) is 0 Å². The number of aliphatic hydroxyl groups is 1. The van der Waals surface area contributed by atoms with Gasteiger partial charge in [0.2, 0.25) is 0 Å². The fourth-order valence-electron chi connectivity index (χ4n) is 2.51. The van der Waals surface area contributed by atoms with Crippen molar-refractivity contribution in [3.05, 3.63) is 35.4 Å². The molecule has 0 aromatic heterocycles. The van der Waals surface area contributed by atoms with Gasteiger partial charge in [-0.2, -0.15) is 0 Å². The Labute approximate surface area is 104 Å². The molecule has 1 saturated heterocycles. The van der Waals surface area contributed by atoms with Crippen molar-refractivity contribution in [3.63, 3.8) is 0 Å². The van der Waals surface area contributed by atoms with E-state index in [1.165, 1.54) is 5.56 Å². The van der Waals surface area contributed by atoms with E-state index in [0.29, 0.717) is 0 Å². The fourth-order valence-corrected chi connectivity index (χ4v) is 2.51. The summed E-state index contributed by atoms with van der Waals surface area (Å²) in [5.41, 5.74) is 1.83. The molecule has 2 unspecified atom stereocenters. The number of aryl methyl sites for hydroxylation is 1. The smallest absolute Gasteiger partial charge is 0.108 e. The molecule has 1 aromatic rings. The molecule has 0 radical (unpaired) electrons. The molecule has 0 bridgehead atoms. The van der Waals surface area contributed by atoms with Crippen molar-refractivity contribution in [3.8, 4) is 0 Å². The second-order valence-corrected chi connectivity index (χ2v) is 5.12. The Balaban J connectivity index is 2.19. The molecule has 17 heavy (non-hydrogen) atoms. The molecule has 1 fully saturated rings. The van der Waals surface area contributed by atoms with Crippen LogP contribution in [0, 0.1) is 0 Å². The molecular formula is C15H22O2. The lowest BCUT2D eigenvalue weighted by Gasteiger charge is -2.38. The first-order chi connectivity index (χ1) is 8.15. The summed E-state index contributed by atoms with van der Waals surface area (Å²) in [6, 6.07) is 8.20. The number of rotatable bonds is 3. The summed E-state index contributed by atoms with van der Waals surface area (Å²) in [6.45, 7) is 4.92. The Morgan fingerprint density at radius 1 is 1.41 bits per heavy atom. The predicted molar refractivity (Wildman–Crippen MR) is 69.0 cm³/mol. The number of hydrogen-bond donors (Lipinski definition) is 1. The number of benzene rings is 1. The van der Waals surface area contributed by atoms with E-state index in [9.17, 15) is 5.11 Å². The van der Waals surface area contributed by atoms with Crippen LogP contribution < -0.4 is 0 Å². The van der Waals surface area contributed by atoms with Crippen LogP contribution in [0.3, 0.4) is 0 Å². The van der Waals surface area contributed by atoms with Crippen molar-refractivity contribution >= 4 is 0 Å². The third-order valence-electron chi connectivity index (χ3n) is 3.75. The molecule has 2 atom stereocenters. The molecule has 1 N–H and O–H groups in total. The lowest BCUT2D eigenvalue weighted by Crippen LogP contribution is -2.39. The molecule has 2 nitrogen and oxygen atoms in total. The minimum atomic E-state index is -0.519. The summed E-state index contributed by atoms with van der Waals surface area (Å²) in [5.74, 6) is 0. The summed E-state index contributed by atoms with van der Waals surface area (Å²) in [6.07, 6.45) is 3.66. The predicted octanol–water partition coefficient (Wildman–Crippen LogP) is 3.24. The van der Waals surface area contributed by atoms with Gasteiger partial charge in [0.05, 0.1) is 5.60 Å². The largest absolute Gasteiger partial charge is 0.385 e. The minimum Gasteiger partial charge on any atom is -0.385 e. The first kappa shape index (κ1) is 12.6. The van der Waals surface area contributed by atoms with E-state index >= 15 is 0 Å². The zero-order valence-electron chi connectivity index (χ0n) is 10.8. The lowest BCUT2D eigenvalue weighted by molar-refractivity contribution is -0.138. The summed E-state index contributed by atoms with van der Waals surface area (Å²) >= 11 is 0. The van der Waals surface area contributed by atoms with Gasteiger partial charge in [-0.05, 0) is 43.7 Å². The molecule has 0 amide bonds. The Morgan fingerprint density at radius 2 is 2.24 bits per heavy atom. The Kier molecular flexibility index (Phi) is 3.85. The monoisotopic (exact) mass is 234 g/mol. The van der Waals surface area contributed by atoms with Gasteiger partial charge in [-0.1, -0.05) is 31.2 Å². The summed E-state index contributed by atoms with van der Waals surface area (Å²) in [5, 5.41) is 10.5. The molecule has 1 aromatic carbocycles. The zero-order valence-corrected chi connectivity index (χ0v) is 10.8. The van der Waals surface area contributed by atoms with Gasteiger partial charge in [0, 0.05) is 6.61 Å². The van der Waals surface area contributed by atoms with Gasteiger partial charge in [-0.15, -0.1) is 0 Å². The van der Waals surface area contributed by atoms with Crippen molar-refractivity contribution in [2.24, 2.45) is 0 Å². The van der Waals surface area contributed by atoms with Crippen LogP contribution in [-0.4, -0.2) is 17.3 Å². The average Bonchev–Trinajstić information content (AvgIpc) is 2.39. The van der Waals surface area contributed by atoms with Gasteiger partial charge in [-0.25, -0.2) is 0 Å². The summed E-state index contributed by atoms with van der Waals surface area (Å²) in [7, 11) is 0. The molecule has 0 saturated carbocycles. The van der Waals surface area contributed by atoms with Crippen LogP contribution in [-0.2, 0) is 11.2 Å². The van der Waals surface area contributed by atoms with Gasteiger partial charge < -0.3 is 9.84 Å². The minimum absolute atomic E-state index is 0.412.